The van der Waals surface area contributed by atoms with Crippen LogP contribution in [0.5, 0.6) is 5.75 Å². The molecule has 0 unspecified atom stereocenters. The van der Waals surface area contributed by atoms with Gasteiger partial charge in [0.25, 0.3) is 6.08 Å². The Morgan fingerprint density at radius 3 is 2.36 bits per heavy atom. The number of nitrogens with zero attached hydrogens (tertiary/aromatic N) is 5. The molecular weight excluding hydrogens is 721 g/mol. The highest BCUT2D eigenvalue weighted by atomic mass is 19.1. The second kappa shape index (κ2) is 14.7. The summed E-state index contributed by atoms with van der Waals surface area (Å²) in [6.45, 7) is 13.0. The monoisotopic (exact) mass is 761 g/mol. The molecule has 0 amide bonds. The second-order valence-electron chi connectivity index (χ2n) is 14.1. The molecule has 0 spiro atoms. The van der Waals surface area contributed by atoms with Gasteiger partial charge in [-0.15, -0.1) is 6.42 Å². The van der Waals surface area contributed by atoms with E-state index < -0.39 is 53.0 Å². The Kier molecular flexibility index (Phi) is 10.3. The second-order valence-corrected chi connectivity index (χ2v) is 14.1. The molecule has 0 saturated carbocycles. The van der Waals surface area contributed by atoms with E-state index in [4.69, 9.17) is 38.3 Å². The van der Waals surface area contributed by atoms with Crippen molar-refractivity contribution in [3.8, 4) is 18.1 Å². The average molecular weight is 762 g/mol. The zero-order valence-corrected chi connectivity index (χ0v) is 31.6. The zero-order valence-electron chi connectivity index (χ0n) is 31.6. The minimum atomic E-state index is -1.36. The lowest BCUT2D eigenvalue weighted by atomic mass is 9.78. The molecule has 0 N–H and O–H groups in total. The number of aromatic nitrogens is 4. The SMILES string of the molecule is C#C[C@]1(CC)O[C@@H](n2cnc3/c(=N/Cc4oc(=O)oc4C)n(Cc4oc(=O)oc4C)c(F)nc32)C[C@@H]1OC(=O)CC(C)(C)c1c(C)cc(C)cc1OC(C)=O. The first kappa shape index (κ1) is 38.7. The molecule has 1 aromatic carbocycles. The Morgan fingerprint density at radius 2 is 1.76 bits per heavy atom. The van der Waals surface area contributed by atoms with Crippen molar-refractivity contribution in [1.29, 1.82) is 0 Å². The molecule has 1 aliphatic heterocycles. The minimum Gasteiger partial charge on any atom is -0.458 e. The maximum atomic E-state index is 16.1. The topological polar surface area (TPSA) is 197 Å². The summed E-state index contributed by atoms with van der Waals surface area (Å²) in [6.07, 6.45) is 4.76. The van der Waals surface area contributed by atoms with Crippen LogP contribution in [-0.4, -0.2) is 42.7 Å². The number of benzene rings is 1. The maximum Gasteiger partial charge on any atom is 0.519 e. The Hall–Kier alpha value is -6.02. The highest BCUT2D eigenvalue weighted by molar-refractivity contribution is 5.74. The maximum absolute atomic E-state index is 16.1. The van der Waals surface area contributed by atoms with Gasteiger partial charge < -0.3 is 31.9 Å². The van der Waals surface area contributed by atoms with Crippen molar-refractivity contribution in [2.45, 2.75) is 111 Å². The van der Waals surface area contributed by atoms with Gasteiger partial charge in [0.05, 0.1) is 19.3 Å². The molecule has 1 saturated heterocycles. The summed E-state index contributed by atoms with van der Waals surface area (Å²) < 4.78 is 56.7. The highest BCUT2D eigenvalue weighted by Crippen LogP contribution is 2.43. The van der Waals surface area contributed by atoms with Crippen LogP contribution in [0.2, 0.25) is 0 Å². The molecule has 6 rings (SSSR count). The summed E-state index contributed by atoms with van der Waals surface area (Å²) in [7, 11) is 0. The first-order chi connectivity index (χ1) is 25.9. The lowest BCUT2D eigenvalue weighted by Crippen LogP contribution is -2.41. The molecule has 0 bridgehead atoms. The molecule has 290 valence electrons. The van der Waals surface area contributed by atoms with E-state index in [9.17, 15) is 19.2 Å². The van der Waals surface area contributed by atoms with Crippen LogP contribution in [0.4, 0.5) is 4.39 Å². The molecule has 16 nitrogen and oxygen atoms in total. The molecule has 3 atom stereocenters. The number of imidazole rings is 1. The van der Waals surface area contributed by atoms with Crippen LogP contribution in [0, 0.1) is 46.1 Å². The summed E-state index contributed by atoms with van der Waals surface area (Å²) in [5.74, 6) is 0.520. The number of carbonyl (C=O) groups is 2. The number of esters is 2. The number of carbonyl (C=O) groups excluding carboxylic acids is 2. The van der Waals surface area contributed by atoms with Gasteiger partial charge in [0.1, 0.15) is 36.1 Å². The third-order valence-corrected chi connectivity index (χ3v) is 9.60. The smallest absolute Gasteiger partial charge is 0.458 e. The standard InChI is InChI=1S/C38H40FN5O11/c1-10-38(11-2)27(54-29(46)15-37(8,9)30-20(4)12-19(3)13-24(30)51-23(7)45)14-28(55-38)44-18-41-31-32(40-16-25-21(5)49-35(47)52-25)43(34(39)42-33(31)44)17-26-22(6)50-36(48)53-26/h1,12-13,18,27-28H,11,14-17H2,2-9H3/b40-32-/t27-,28+,38+/m0/s1. The fourth-order valence-corrected chi connectivity index (χ4v) is 7.10. The van der Waals surface area contributed by atoms with Crippen LogP contribution in [0.3, 0.4) is 0 Å². The predicted molar refractivity (Wildman–Crippen MR) is 189 cm³/mol. The van der Waals surface area contributed by atoms with Crippen molar-refractivity contribution in [3.05, 3.63) is 91.0 Å². The normalized spacial score (nSPS) is 18.9. The number of rotatable bonds is 11. The third-order valence-electron chi connectivity index (χ3n) is 9.60. The number of hydrogen-bond donors (Lipinski definition) is 0. The lowest BCUT2D eigenvalue weighted by molar-refractivity contribution is -0.157. The fraction of sp³-hybridized carbons (Fsp3) is 0.447. The largest absolute Gasteiger partial charge is 0.519 e. The summed E-state index contributed by atoms with van der Waals surface area (Å²) in [6, 6.07) is 3.70. The van der Waals surface area contributed by atoms with Crippen LogP contribution in [0.25, 0.3) is 11.2 Å². The van der Waals surface area contributed by atoms with Gasteiger partial charge in [-0.2, -0.15) is 9.37 Å². The number of ether oxygens (including phenoxy) is 3. The van der Waals surface area contributed by atoms with Crippen molar-refractivity contribution in [2.24, 2.45) is 4.99 Å². The van der Waals surface area contributed by atoms with Crippen molar-refractivity contribution >= 4 is 23.1 Å². The predicted octanol–water partition coefficient (Wildman–Crippen LogP) is 4.75. The number of hydrogen-bond acceptors (Lipinski definition) is 14. The molecule has 4 aromatic heterocycles. The fourth-order valence-electron chi connectivity index (χ4n) is 7.10. The number of halogens is 1. The minimum absolute atomic E-state index is 0.0104. The first-order valence-electron chi connectivity index (χ1n) is 17.4. The summed E-state index contributed by atoms with van der Waals surface area (Å²) in [5.41, 5.74) is 0.317. The molecular formula is C38H40FN5O11. The van der Waals surface area contributed by atoms with Gasteiger partial charge in [0.2, 0.25) is 0 Å². The third kappa shape index (κ3) is 7.54. The first-order valence-corrected chi connectivity index (χ1v) is 17.4. The van der Waals surface area contributed by atoms with E-state index in [1.54, 1.807) is 13.0 Å². The van der Waals surface area contributed by atoms with E-state index in [1.165, 1.54) is 31.7 Å². The number of aryl methyl sites for hydroxylation is 4. The Bertz CT molecular complexity index is 2540. The molecule has 55 heavy (non-hydrogen) atoms. The summed E-state index contributed by atoms with van der Waals surface area (Å²) in [5, 5.41) is 0. The summed E-state index contributed by atoms with van der Waals surface area (Å²) in [4.78, 5) is 62.3. The van der Waals surface area contributed by atoms with Crippen molar-refractivity contribution in [2.75, 3.05) is 0 Å². The van der Waals surface area contributed by atoms with E-state index in [0.29, 0.717) is 11.3 Å². The molecule has 1 fully saturated rings. The molecule has 0 radical (unpaired) electrons. The van der Waals surface area contributed by atoms with Gasteiger partial charge in [0.15, 0.2) is 33.8 Å². The lowest BCUT2D eigenvalue weighted by Gasteiger charge is -2.31. The van der Waals surface area contributed by atoms with E-state index in [-0.39, 0.29) is 72.0 Å². The van der Waals surface area contributed by atoms with E-state index in [1.807, 2.05) is 33.8 Å². The summed E-state index contributed by atoms with van der Waals surface area (Å²) >= 11 is 0. The number of fused-ring (bicyclic) bond motifs is 1. The van der Waals surface area contributed by atoms with Crippen LogP contribution in [0.1, 0.15) is 92.9 Å². The Balaban J connectivity index is 1.34. The molecule has 5 aromatic rings. The Labute approximate surface area is 312 Å². The van der Waals surface area contributed by atoms with Gasteiger partial charge in [-0.25, -0.2) is 14.6 Å². The van der Waals surface area contributed by atoms with Gasteiger partial charge in [-0.1, -0.05) is 32.8 Å². The van der Waals surface area contributed by atoms with Crippen molar-refractivity contribution < 1.29 is 45.9 Å². The van der Waals surface area contributed by atoms with E-state index in [2.05, 4.69) is 20.9 Å². The van der Waals surface area contributed by atoms with Gasteiger partial charge >= 0.3 is 23.6 Å². The molecule has 1 aliphatic rings. The Morgan fingerprint density at radius 1 is 1.09 bits per heavy atom. The van der Waals surface area contributed by atoms with Crippen molar-refractivity contribution in [1.82, 2.24) is 19.1 Å². The average Bonchev–Trinajstić information content (AvgIpc) is 3.83. The van der Waals surface area contributed by atoms with Crippen LogP contribution in [-0.2, 0) is 37.6 Å². The molecule has 17 heteroatoms. The number of terminal acetylenes is 1. The van der Waals surface area contributed by atoms with Crippen molar-refractivity contribution in [3.63, 3.8) is 0 Å². The van der Waals surface area contributed by atoms with Crippen LogP contribution < -0.4 is 21.9 Å². The quantitative estimate of drug-likeness (QED) is 0.0775. The molecule has 0 aliphatic carbocycles. The van der Waals surface area contributed by atoms with Gasteiger partial charge in [-0.3, -0.25) is 23.7 Å². The van der Waals surface area contributed by atoms with Gasteiger partial charge in [0, 0.05) is 24.3 Å². The van der Waals surface area contributed by atoms with Gasteiger partial charge in [-0.05, 0) is 51.3 Å². The highest BCUT2D eigenvalue weighted by Gasteiger charge is 2.50. The van der Waals surface area contributed by atoms with Crippen LogP contribution in [0.15, 0.2) is 50.7 Å². The van der Waals surface area contributed by atoms with Crippen LogP contribution >= 0.6 is 0 Å². The van der Waals surface area contributed by atoms with E-state index >= 15 is 4.39 Å². The van der Waals surface area contributed by atoms with E-state index in [0.717, 1.165) is 15.7 Å². The molecule has 5 heterocycles. The zero-order chi connectivity index (χ0) is 40.0.